The summed E-state index contributed by atoms with van der Waals surface area (Å²) in [5, 5.41) is 3.41. The number of fused-ring (bicyclic) bond motifs is 1. The number of anilines is 1. The third-order valence-electron chi connectivity index (χ3n) is 3.72. The minimum Gasteiger partial charge on any atom is -0.465 e. The van der Waals surface area contributed by atoms with Crippen molar-refractivity contribution in [3.05, 3.63) is 54.0 Å². The Hall–Kier alpha value is -2.23. The van der Waals surface area contributed by atoms with E-state index in [0.29, 0.717) is 6.04 Å². The van der Waals surface area contributed by atoms with E-state index in [-0.39, 0.29) is 12.1 Å². The summed E-state index contributed by atoms with van der Waals surface area (Å²) in [6.45, 7) is 0. The fourth-order valence-electron chi connectivity index (χ4n) is 2.65. The Labute approximate surface area is 111 Å². The van der Waals surface area contributed by atoms with Gasteiger partial charge in [0.25, 0.3) is 5.91 Å². The topological polar surface area (TPSA) is 45.5 Å². The summed E-state index contributed by atoms with van der Waals surface area (Å²) in [6, 6.07) is 11.7. The standard InChI is InChI=1S/C15H14N2O2/c18-15-11-4-1-2-5-12(11)16-14(13-6-3-9-19-13)17(15)10-7-8-10/h1-6,9-10,14,16H,7-8H2/t14-/m0/s1. The second-order valence-electron chi connectivity index (χ2n) is 5.05. The molecule has 4 rings (SSSR count). The molecular weight excluding hydrogens is 240 g/mol. The number of amides is 1. The van der Waals surface area contributed by atoms with Crippen LogP contribution in [-0.2, 0) is 0 Å². The van der Waals surface area contributed by atoms with E-state index in [1.54, 1.807) is 6.26 Å². The van der Waals surface area contributed by atoms with E-state index in [0.717, 1.165) is 29.9 Å². The van der Waals surface area contributed by atoms with Crippen LogP contribution in [0.5, 0.6) is 0 Å². The van der Waals surface area contributed by atoms with Crippen molar-refractivity contribution in [1.29, 1.82) is 0 Å². The van der Waals surface area contributed by atoms with Crippen molar-refractivity contribution in [2.45, 2.75) is 25.0 Å². The predicted molar refractivity (Wildman–Crippen MR) is 70.7 cm³/mol. The van der Waals surface area contributed by atoms with Crippen molar-refractivity contribution in [1.82, 2.24) is 4.90 Å². The Kier molecular flexibility index (Phi) is 2.18. The number of carbonyl (C=O) groups is 1. The molecule has 0 saturated heterocycles. The molecule has 1 atom stereocenters. The summed E-state index contributed by atoms with van der Waals surface area (Å²) in [4.78, 5) is 14.6. The molecule has 96 valence electrons. The minimum absolute atomic E-state index is 0.0956. The number of rotatable bonds is 2. The van der Waals surface area contributed by atoms with Crippen LogP contribution in [0.25, 0.3) is 0 Å². The monoisotopic (exact) mass is 254 g/mol. The van der Waals surface area contributed by atoms with E-state index in [1.165, 1.54) is 0 Å². The van der Waals surface area contributed by atoms with Gasteiger partial charge in [-0.05, 0) is 37.1 Å². The van der Waals surface area contributed by atoms with Gasteiger partial charge in [0, 0.05) is 11.7 Å². The Bertz CT molecular complexity index is 617. The van der Waals surface area contributed by atoms with Crippen molar-refractivity contribution in [3.8, 4) is 0 Å². The minimum atomic E-state index is -0.190. The summed E-state index contributed by atoms with van der Waals surface area (Å²) >= 11 is 0. The fraction of sp³-hybridized carbons (Fsp3) is 0.267. The van der Waals surface area contributed by atoms with Crippen LogP contribution in [0.4, 0.5) is 5.69 Å². The van der Waals surface area contributed by atoms with Gasteiger partial charge in [-0.3, -0.25) is 4.79 Å². The van der Waals surface area contributed by atoms with Crippen LogP contribution >= 0.6 is 0 Å². The van der Waals surface area contributed by atoms with E-state index in [2.05, 4.69) is 5.32 Å². The maximum absolute atomic E-state index is 12.6. The maximum Gasteiger partial charge on any atom is 0.258 e. The second-order valence-corrected chi connectivity index (χ2v) is 5.05. The zero-order valence-corrected chi connectivity index (χ0v) is 10.4. The van der Waals surface area contributed by atoms with Crippen LogP contribution in [0.2, 0.25) is 0 Å². The Balaban J connectivity index is 1.81. The van der Waals surface area contributed by atoms with Crippen LogP contribution < -0.4 is 5.32 Å². The van der Waals surface area contributed by atoms with Gasteiger partial charge in [0.15, 0.2) is 6.17 Å². The van der Waals surface area contributed by atoms with Gasteiger partial charge in [-0.1, -0.05) is 12.1 Å². The zero-order chi connectivity index (χ0) is 12.8. The molecule has 1 aliphatic carbocycles. The smallest absolute Gasteiger partial charge is 0.258 e. The molecule has 2 heterocycles. The van der Waals surface area contributed by atoms with E-state index < -0.39 is 0 Å². The maximum atomic E-state index is 12.6. The lowest BCUT2D eigenvalue weighted by Gasteiger charge is -2.36. The number of hydrogen-bond donors (Lipinski definition) is 1. The summed E-state index contributed by atoms with van der Waals surface area (Å²) in [5.74, 6) is 0.882. The first-order valence-electron chi connectivity index (χ1n) is 6.56. The van der Waals surface area contributed by atoms with E-state index in [4.69, 9.17) is 4.42 Å². The summed E-state index contributed by atoms with van der Waals surface area (Å²) < 4.78 is 5.49. The van der Waals surface area contributed by atoms with Gasteiger partial charge in [0.2, 0.25) is 0 Å². The molecule has 1 amide bonds. The first-order chi connectivity index (χ1) is 9.34. The summed E-state index contributed by atoms with van der Waals surface area (Å²) in [5.41, 5.74) is 1.63. The quantitative estimate of drug-likeness (QED) is 0.896. The fourth-order valence-corrected chi connectivity index (χ4v) is 2.65. The van der Waals surface area contributed by atoms with Crippen molar-refractivity contribution in [3.63, 3.8) is 0 Å². The first-order valence-corrected chi connectivity index (χ1v) is 6.56. The van der Waals surface area contributed by atoms with Gasteiger partial charge in [-0.25, -0.2) is 0 Å². The Morgan fingerprint density at radius 1 is 1.16 bits per heavy atom. The van der Waals surface area contributed by atoms with E-state index >= 15 is 0 Å². The lowest BCUT2D eigenvalue weighted by molar-refractivity contribution is 0.0645. The predicted octanol–water partition coefficient (Wildman–Crippen LogP) is 3.01. The molecule has 4 heteroatoms. The van der Waals surface area contributed by atoms with Gasteiger partial charge in [-0.15, -0.1) is 0 Å². The number of hydrogen-bond acceptors (Lipinski definition) is 3. The van der Waals surface area contributed by atoms with Gasteiger partial charge < -0.3 is 14.6 Å². The van der Waals surface area contributed by atoms with Crippen molar-refractivity contribution < 1.29 is 9.21 Å². The molecule has 0 spiro atoms. The summed E-state index contributed by atoms with van der Waals surface area (Å²) in [6.07, 6.45) is 3.61. The highest BCUT2D eigenvalue weighted by atomic mass is 16.3. The molecule has 19 heavy (non-hydrogen) atoms. The average Bonchev–Trinajstić information content (AvgIpc) is 3.12. The van der Waals surface area contributed by atoms with Crippen LogP contribution in [0.1, 0.15) is 35.1 Å². The summed E-state index contributed by atoms with van der Waals surface area (Å²) in [7, 11) is 0. The number of benzene rings is 1. The van der Waals surface area contributed by atoms with Gasteiger partial charge in [0.05, 0.1) is 11.8 Å². The third kappa shape index (κ3) is 1.63. The first kappa shape index (κ1) is 10.7. The zero-order valence-electron chi connectivity index (χ0n) is 10.4. The molecule has 1 saturated carbocycles. The highest BCUT2D eigenvalue weighted by Gasteiger charge is 2.42. The molecule has 1 aliphatic heterocycles. The highest BCUT2D eigenvalue weighted by Crippen LogP contribution is 2.40. The van der Waals surface area contributed by atoms with Crippen LogP contribution in [0.15, 0.2) is 47.1 Å². The van der Waals surface area contributed by atoms with Crippen molar-refractivity contribution in [2.75, 3.05) is 5.32 Å². The number of para-hydroxylation sites is 1. The molecule has 1 fully saturated rings. The van der Waals surface area contributed by atoms with E-state index in [9.17, 15) is 4.79 Å². The molecular formula is C15H14N2O2. The molecule has 1 N–H and O–H groups in total. The molecule has 2 aliphatic rings. The van der Waals surface area contributed by atoms with Gasteiger partial charge >= 0.3 is 0 Å². The van der Waals surface area contributed by atoms with Gasteiger partial charge in [-0.2, -0.15) is 0 Å². The van der Waals surface area contributed by atoms with E-state index in [1.807, 2.05) is 41.3 Å². The Morgan fingerprint density at radius 2 is 2.00 bits per heavy atom. The largest absolute Gasteiger partial charge is 0.465 e. The number of nitrogens with one attached hydrogen (secondary N) is 1. The molecule has 2 aromatic rings. The number of nitrogens with zero attached hydrogens (tertiary/aromatic N) is 1. The normalized spacial score (nSPS) is 22.0. The molecule has 4 nitrogen and oxygen atoms in total. The van der Waals surface area contributed by atoms with Crippen LogP contribution in [0, 0.1) is 0 Å². The molecule has 0 radical (unpaired) electrons. The second kappa shape index (κ2) is 3.88. The van der Waals surface area contributed by atoms with Crippen LogP contribution in [-0.4, -0.2) is 16.8 Å². The SMILES string of the molecule is O=C1c2ccccc2N[C@H](c2ccco2)N1C1CC1. The molecule has 1 aromatic heterocycles. The lowest BCUT2D eigenvalue weighted by Crippen LogP contribution is -2.44. The van der Waals surface area contributed by atoms with Crippen LogP contribution in [0.3, 0.4) is 0 Å². The molecule has 1 aromatic carbocycles. The lowest BCUT2D eigenvalue weighted by atomic mass is 10.1. The average molecular weight is 254 g/mol. The number of furan rings is 1. The molecule has 0 bridgehead atoms. The Morgan fingerprint density at radius 3 is 2.74 bits per heavy atom. The van der Waals surface area contributed by atoms with Crippen molar-refractivity contribution in [2.24, 2.45) is 0 Å². The third-order valence-corrected chi connectivity index (χ3v) is 3.72. The number of carbonyl (C=O) groups excluding carboxylic acids is 1. The van der Waals surface area contributed by atoms with Gasteiger partial charge in [0.1, 0.15) is 5.76 Å². The highest BCUT2D eigenvalue weighted by molar-refractivity contribution is 6.02. The molecule has 0 unspecified atom stereocenters. The van der Waals surface area contributed by atoms with Crippen molar-refractivity contribution >= 4 is 11.6 Å².